The lowest BCUT2D eigenvalue weighted by molar-refractivity contribution is -0.383. The molecule has 2 N–H and O–H groups in total. The van der Waals surface area contributed by atoms with E-state index in [9.17, 15) is 19.7 Å². The van der Waals surface area contributed by atoms with E-state index in [1.807, 2.05) is 37.3 Å². The van der Waals surface area contributed by atoms with E-state index >= 15 is 0 Å². The number of nitro benzene ring substituents is 1. The van der Waals surface area contributed by atoms with Crippen molar-refractivity contribution in [1.29, 1.82) is 0 Å². The van der Waals surface area contributed by atoms with Crippen molar-refractivity contribution < 1.29 is 19.6 Å². The Morgan fingerprint density at radius 2 is 1.93 bits per heavy atom. The lowest BCUT2D eigenvalue weighted by Gasteiger charge is -2.41. The molecule has 2 amide bonds. The van der Waals surface area contributed by atoms with Crippen LogP contribution in [-0.2, 0) is 10.2 Å². The average molecular weight is 369 g/mol. The highest BCUT2D eigenvalue weighted by Gasteiger charge is 2.39. The van der Waals surface area contributed by atoms with Gasteiger partial charge in [-0.2, -0.15) is 0 Å². The third-order valence-electron chi connectivity index (χ3n) is 5.06. The van der Waals surface area contributed by atoms with E-state index in [1.165, 1.54) is 24.0 Å². The van der Waals surface area contributed by atoms with E-state index < -0.39 is 16.4 Å². The summed E-state index contributed by atoms with van der Waals surface area (Å²) >= 11 is 0. The van der Waals surface area contributed by atoms with Crippen LogP contribution in [0.15, 0.2) is 42.5 Å². The van der Waals surface area contributed by atoms with Crippen LogP contribution in [0.1, 0.15) is 31.4 Å². The van der Waals surface area contributed by atoms with Gasteiger partial charge in [0.2, 0.25) is 5.91 Å². The van der Waals surface area contributed by atoms with Gasteiger partial charge in [-0.15, -0.1) is 0 Å². The largest absolute Gasteiger partial charge is 0.465 e. The number of nitrogens with zero attached hydrogens (tertiary/aromatic N) is 2. The van der Waals surface area contributed by atoms with Gasteiger partial charge in [0.15, 0.2) is 0 Å². The molecule has 0 radical (unpaired) electrons. The van der Waals surface area contributed by atoms with E-state index in [-0.39, 0.29) is 17.3 Å². The van der Waals surface area contributed by atoms with Crippen LogP contribution in [-0.4, -0.2) is 28.6 Å². The average Bonchev–Trinajstić information content (AvgIpc) is 2.61. The second kappa shape index (κ2) is 6.71. The standard InChI is InChI=1S/C19H19N3O5/c1-12(23)21-9-8-19(2,13-6-4-3-5-7-13)14-10-15(20-18(24)25)17(22(26)27)11-16(14)21/h3-7,10-11,20H,8-9H2,1-2H3,(H,24,25). The summed E-state index contributed by atoms with van der Waals surface area (Å²) in [5.74, 6) is -0.223. The number of carbonyl (C=O) groups is 2. The van der Waals surface area contributed by atoms with Crippen molar-refractivity contribution in [3.8, 4) is 0 Å². The second-order valence-electron chi connectivity index (χ2n) is 6.69. The maximum absolute atomic E-state index is 12.1. The molecule has 27 heavy (non-hydrogen) atoms. The molecular formula is C19H19N3O5. The Hall–Kier alpha value is -3.42. The van der Waals surface area contributed by atoms with Gasteiger partial charge >= 0.3 is 6.09 Å². The molecule has 1 aliphatic rings. The zero-order valence-corrected chi connectivity index (χ0v) is 14.9. The number of carbonyl (C=O) groups excluding carboxylic acids is 1. The summed E-state index contributed by atoms with van der Waals surface area (Å²) in [5.41, 5.74) is 1.07. The molecule has 2 aromatic rings. The summed E-state index contributed by atoms with van der Waals surface area (Å²) in [5, 5.41) is 22.6. The molecule has 0 saturated carbocycles. The van der Waals surface area contributed by atoms with Gasteiger partial charge in [0, 0.05) is 24.9 Å². The highest BCUT2D eigenvalue weighted by Crippen LogP contribution is 2.47. The van der Waals surface area contributed by atoms with Crippen LogP contribution in [0.2, 0.25) is 0 Å². The number of carboxylic acid groups (broad SMARTS) is 1. The quantitative estimate of drug-likeness (QED) is 0.632. The highest BCUT2D eigenvalue weighted by molar-refractivity contribution is 5.96. The monoisotopic (exact) mass is 369 g/mol. The molecule has 0 saturated heterocycles. The van der Waals surface area contributed by atoms with Gasteiger partial charge < -0.3 is 10.0 Å². The molecule has 0 aliphatic carbocycles. The molecule has 0 fully saturated rings. The maximum atomic E-state index is 12.1. The third kappa shape index (κ3) is 3.21. The molecule has 0 aromatic heterocycles. The van der Waals surface area contributed by atoms with E-state index in [0.717, 1.165) is 5.56 Å². The summed E-state index contributed by atoms with van der Waals surface area (Å²) in [7, 11) is 0. The maximum Gasteiger partial charge on any atom is 0.409 e. The number of hydrogen-bond acceptors (Lipinski definition) is 4. The Bertz CT molecular complexity index is 928. The van der Waals surface area contributed by atoms with Gasteiger partial charge in [-0.1, -0.05) is 37.3 Å². The van der Waals surface area contributed by atoms with Crippen molar-refractivity contribution in [1.82, 2.24) is 0 Å². The lowest BCUT2D eigenvalue weighted by Crippen LogP contribution is -2.42. The SMILES string of the molecule is CC(=O)N1CCC(C)(c2ccccc2)c2cc(NC(=O)O)c([N+](=O)[O-])cc21. The first-order valence-electron chi connectivity index (χ1n) is 8.40. The summed E-state index contributed by atoms with van der Waals surface area (Å²) < 4.78 is 0. The van der Waals surface area contributed by atoms with Crippen LogP contribution in [0.4, 0.5) is 21.9 Å². The molecule has 1 unspecified atom stereocenters. The zero-order chi connectivity index (χ0) is 19.8. The van der Waals surface area contributed by atoms with Crippen molar-refractivity contribution in [2.45, 2.75) is 25.7 Å². The molecule has 3 rings (SSSR count). The van der Waals surface area contributed by atoms with E-state index in [1.54, 1.807) is 0 Å². The van der Waals surface area contributed by atoms with E-state index in [0.29, 0.717) is 24.2 Å². The predicted molar refractivity (Wildman–Crippen MR) is 100 cm³/mol. The number of fused-ring (bicyclic) bond motifs is 1. The second-order valence-corrected chi connectivity index (χ2v) is 6.69. The summed E-state index contributed by atoms with van der Waals surface area (Å²) in [6.45, 7) is 3.82. The fourth-order valence-electron chi connectivity index (χ4n) is 3.63. The van der Waals surface area contributed by atoms with Crippen molar-refractivity contribution in [2.75, 3.05) is 16.8 Å². The first kappa shape index (κ1) is 18.4. The molecule has 2 aromatic carbocycles. The first-order chi connectivity index (χ1) is 12.7. The van der Waals surface area contributed by atoms with Crippen molar-refractivity contribution in [3.63, 3.8) is 0 Å². The van der Waals surface area contributed by atoms with Gasteiger partial charge in [-0.05, 0) is 23.6 Å². The van der Waals surface area contributed by atoms with E-state index in [4.69, 9.17) is 5.11 Å². The molecule has 0 spiro atoms. The first-order valence-corrected chi connectivity index (χ1v) is 8.40. The Morgan fingerprint density at radius 1 is 1.26 bits per heavy atom. The molecule has 0 bridgehead atoms. The molecule has 1 atom stereocenters. The molecule has 8 heteroatoms. The normalized spacial score (nSPS) is 18.5. The number of nitrogens with one attached hydrogen (secondary N) is 1. The number of benzene rings is 2. The third-order valence-corrected chi connectivity index (χ3v) is 5.06. The minimum atomic E-state index is -1.39. The lowest BCUT2D eigenvalue weighted by atomic mass is 9.70. The number of hydrogen-bond donors (Lipinski definition) is 2. The highest BCUT2D eigenvalue weighted by atomic mass is 16.6. The van der Waals surface area contributed by atoms with Crippen LogP contribution in [0.5, 0.6) is 0 Å². The molecular weight excluding hydrogens is 350 g/mol. The fraction of sp³-hybridized carbons (Fsp3) is 0.263. The van der Waals surface area contributed by atoms with Crippen LogP contribution >= 0.6 is 0 Å². The Balaban J connectivity index is 2.29. The number of amides is 2. The van der Waals surface area contributed by atoms with Gasteiger partial charge in [0.05, 0.1) is 10.6 Å². The van der Waals surface area contributed by atoms with Gasteiger partial charge in [0.1, 0.15) is 5.69 Å². The Kier molecular flexibility index (Phi) is 4.57. The van der Waals surface area contributed by atoms with Gasteiger partial charge in [0.25, 0.3) is 5.69 Å². The van der Waals surface area contributed by atoms with Crippen molar-refractivity contribution in [2.24, 2.45) is 0 Å². The Morgan fingerprint density at radius 3 is 2.48 bits per heavy atom. The number of nitro groups is 1. The van der Waals surface area contributed by atoms with Crippen LogP contribution in [0.25, 0.3) is 0 Å². The minimum absolute atomic E-state index is 0.112. The summed E-state index contributed by atoms with van der Waals surface area (Å²) in [4.78, 5) is 35.5. The molecule has 1 aliphatic heterocycles. The van der Waals surface area contributed by atoms with Crippen molar-refractivity contribution >= 4 is 29.1 Å². The summed E-state index contributed by atoms with van der Waals surface area (Å²) in [6, 6.07) is 12.4. The van der Waals surface area contributed by atoms with Crippen LogP contribution in [0.3, 0.4) is 0 Å². The van der Waals surface area contributed by atoms with E-state index in [2.05, 4.69) is 5.32 Å². The smallest absolute Gasteiger partial charge is 0.409 e. The zero-order valence-electron chi connectivity index (χ0n) is 14.9. The van der Waals surface area contributed by atoms with Crippen LogP contribution < -0.4 is 10.2 Å². The number of anilines is 2. The summed E-state index contributed by atoms with van der Waals surface area (Å²) in [6.07, 6.45) is -0.785. The molecule has 8 nitrogen and oxygen atoms in total. The molecule has 140 valence electrons. The van der Waals surface area contributed by atoms with Crippen molar-refractivity contribution in [3.05, 3.63) is 63.7 Å². The Labute approximate surface area is 155 Å². The number of rotatable bonds is 3. The van der Waals surface area contributed by atoms with Crippen LogP contribution in [0, 0.1) is 10.1 Å². The fourth-order valence-corrected chi connectivity index (χ4v) is 3.63. The van der Waals surface area contributed by atoms with Gasteiger partial charge in [-0.3, -0.25) is 20.2 Å². The predicted octanol–water partition coefficient (Wildman–Crippen LogP) is 3.75. The topological polar surface area (TPSA) is 113 Å². The minimum Gasteiger partial charge on any atom is -0.465 e. The molecule has 1 heterocycles. The van der Waals surface area contributed by atoms with Gasteiger partial charge in [-0.25, -0.2) is 4.79 Å².